The molecule has 0 fully saturated rings. The molecule has 0 saturated carbocycles. The molecule has 2 atom stereocenters. The zero-order valence-corrected chi connectivity index (χ0v) is 11.3. The van der Waals surface area contributed by atoms with Gasteiger partial charge in [0.2, 0.25) is 5.88 Å². The Labute approximate surface area is 112 Å². The molecule has 19 heavy (non-hydrogen) atoms. The highest BCUT2D eigenvalue weighted by Crippen LogP contribution is 2.36. The van der Waals surface area contributed by atoms with Gasteiger partial charge in [-0.15, -0.1) is 0 Å². The number of nitrogens with zero attached hydrogens (tertiary/aromatic N) is 1. The van der Waals surface area contributed by atoms with Crippen molar-refractivity contribution in [3.05, 3.63) is 23.4 Å². The summed E-state index contributed by atoms with van der Waals surface area (Å²) in [5.41, 5.74) is 1.66. The van der Waals surface area contributed by atoms with E-state index in [2.05, 4.69) is 9.72 Å². The molecule has 1 N–H and O–H groups in total. The fourth-order valence-corrected chi connectivity index (χ4v) is 2.43. The van der Waals surface area contributed by atoms with Crippen molar-refractivity contribution in [2.24, 2.45) is 5.92 Å². The number of aliphatic hydroxyl groups is 1. The first-order valence-corrected chi connectivity index (χ1v) is 6.53. The molecule has 5 nitrogen and oxygen atoms in total. The number of fused-ring (bicyclic) bond motifs is 1. The number of ether oxygens (including phenoxy) is 2. The average molecular weight is 265 g/mol. The van der Waals surface area contributed by atoms with Gasteiger partial charge in [-0.3, -0.25) is 4.79 Å². The number of pyridine rings is 1. The average Bonchev–Trinajstić information content (AvgIpc) is 2.42. The largest absolute Gasteiger partial charge is 0.478 e. The van der Waals surface area contributed by atoms with Crippen LogP contribution in [0.4, 0.5) is 0 Å². The number of aryl methyl sites for hydroxylation is 1. The van der Waals surface area contributed by atoms with Crippen molar-refractivity contribution < 1.29 is 19.4 Å². The van der Waals surface area contributed by atoms with Gasteiger partial charge in [-0.25, -0.2) is 4.98 Å². The lowest BCUT2D eigenvalue weighted by molar-refractivity contribution is -0.143. The third-order valence-corrected chi connectivity index (χ3v) is 3.45. The standard InChI is InChI=1S/C14H19NO4/c1-3-19-12-7-5-10-11(15-12)6-4-9(14(10)17)8-13(16)18-2/h5,7,9,14,17H,3-4,6,8H2,1-2H3. The van der Waals surface area contributed by atoms with Crippen LogP contribution in [0, 0.1) is 5.92 Å². The SMILES string of the molecule is CCOc1ccc2c(n1)CCC(CC(=O)OC)C2O. The molecular weight excluding hydrogens is 246 g/mol. The Kier molecular flexibility index (Phi) is 4.37. The quantitative estimate of drug-likeness (QED) is 0.838. The number of aromatic nitrogens is 1. The van der Waals surface area contributed by atoms with Gasteiger partial charge >= 0.3 is 5.97 Å². The third kappa shape index (κ3) is 3.04. The number of rotatable bonds is 4. The summed E-state index contributed by atoms with van der Waals surface area (Å²) in [6.07, 6.45) is 1.05. The third-order valence-electron chi connectivity index (χ3n) is 3.45. The van der Waals surface area contributed by atoms with Crippen LogP contribution in [-0.2, 0) is 16.0 Å². The molecule has 0 saturated heterocycles. The predicted molar refractivity (Wildman–Crippen MR) is 68.8 cm³/mol. The van der Waals surface area contributed by atoms with E-state index in [0.717, 1.165) is 24.1 Å². The first-order chi connectivity index (χ1) is 9.15. The van der Waals surface area contributed by atoms with Crippen molar-refractivity contribution in [1.29, 1.82) is 0 Å². The number of carbonyl (C=O) groups excluding carboxylic acids is 1. The molecular formula is C14H19NO4. The van der Waals surface area contributed by atoms with Crippen molar-refractivity contribution in [2.75, 3.05) is 13.7 Å². The van der Waals surface area contributed by atoms with Crippen LogP contribution >= 0.6 is 0 Å². The number of aliphatic hydroxyl groups excluding tert-OH is 1. The lowest BCUT2D eigenvalue weighted by atomic mass is 9.82. The monoisotopic (exact) mass is 265 g/mol. The molecule has 1 aromatic heterocycles. The first-order valence-electron chi connectivity index (χ1n) is 6.53. The van der Waals surface area contributed by atoms with E-state index in [1.165, 1.54) is 7.11 Å². The van der Waals surface area contributed by atoms with Crippen molar-refractivity contribution in [3.8, 4) is 5.88 Å². The van der Waals surface area contributed by atoms with E-state index in [1.54, 1.807) is 6.07 Å². The Bertz CT molecular complexity index is 461. The van der Waals surface area contributed by atoms with Gasteiger partial charge in [0, 0.05) is 11.6 Å². The maximum Gasteiger partial charge on any atom is 0.305 e. The molecule has 0 amide bonds. The second kappa shape index (κ2) is 6.02. The molecule has 0 spiro atoms. The number of methoxy groups -OCH3 is 1. The molecule has 0 aliphatic heterocycles. The highest BCUT2D eigenvalue weighted by molar-refractivity contribution is 5.69. The van der Waals surface area contributed by atoms with E-state index in [4.69, 9.17) is 4.74 Å². The predicted octanol–water partition coefficient (Wildman–Crippen LogP) is 1.64. The van der Waals surface area contributed by atoms with Crippen LogP contribution in [-0.4, -0.2) is 29.8 Å². The van der Waals surface area contributed by atoms with Crippen molar-refractivity contribution in [1.82, 2.24) is 4.98 Å². The van der Waals surface area contributed by atoms with E-state index >= 15 is 0 Å². The first kappa shape index (κ1) is 13.8. The fourth-order valence-electron chi connectivity index (χ4n) is 2.43. The van der Waals surface area contributed by atoms with Gasteiger partial charge in [0.05, 0.1) is 31.9 Å². The zero-order valence-electron chi connectivity index (χ0n) is 11.3. The molecule has 1 aliphatic carbocycles. The van der Waals surface area contributed by atoms with Gasteiger partial charge < -0.3 is 14.6 Å². The lowest BCUT2D eigenvalue weighted by Crippen LogP contribution is -2.24. The summed E-state index contributed by atoms with van der Waals surface area (Å²) < 4.78 is 10.0. The second-order valence-electron chi connectivity index (χ2n) is 4.64. The van der Waals surface area contributed by atoms with E-state index < -0.39 is 6.10 Å². The smallest absolute Gasteiger partial charge is 0.305 e. The van der Waals surface area contributed by atoms with Gasteiger partial charge in [0.15, 0.2) is 0 Å². The van der Waals surface area contributed by atoms with Crippen LogP contribution in [0.15, 0.2) is 12.1 Å². The summed E-state index contributed by atoms with van der Waals surface area (Å²) >= 11 is 0. The van der Waals surface area contributed by atoms with E-state index in [0.29, 0.717) is 12.5 Å². The molecule has 0 radical (unpaired) electrons. The van der Waals surface area contributed by atoms with Crippen molar-refractivity contribution in [3.63, 3.8) is 0 Å². The number of carbonyl (C=O) groups is 1. The zero-order chi connectivity index (χ0) is 13.8. The van der Waals surface area contributed by atoms with Gasteiger partial charge in [-0.05, 0) is 31.7 Å². The summed E-state index contributed by atoms with van der Waals surface area (Å²) in [5, 5.41) is 10.3. The van der Waals surface area contributed by atoms with Gasteiger partial charge in [-0.1, -0.05) is 0 Å². The molecule has 5 heteroatoms. The van der Waals surface area contributed by atoms with Gasteiger partial charge in [-0.2, -0.15) is 0 Å². The maximum absolute atomic E-state index is 11.3. The maximum atomic E-state index is 11.3. The van der Waals surface area contributed by atoms with Crippen LogP contribution in [0.2, 0.25) is 0 Å². The normalized spacial score (nSPS) is 21.6. The second-order valence-corrected chi connectivity index (χ2v) is 4.64. The number of esters is 1. The highest BCUT2D eigenvalue weighted by atomic mass is 16.5. The molecule has 2 rings (SSSR count). The Balaban J connectivity index is 2.15. The van der Waals surface area contributed by atoms with Crippen molar-refractivity contribution >= 4 is 5.97 Å². The Morgan fingerprint density at radius 2 is 2.32 bits per heavy atom. The number of hydrogen-bond acceptors (Lipinski definition) is 5. The fraction of sp³-hybridized carbons (Fsp3) is 0.571. The van der Waals surface area contributed by atoms with Gasteiger partial charge in [0.1, 0.15) is 0 Å². The molecule has 104 valence electrons. The minimum Gasteiger partial charge on any atom is -0.478 e. The summed E-state index contributed by atoms with van der Waals surface area (Å²) in [4.78, 5) is 15.7. The summed E-state index contributed by atoms with van der Waals surface area (Å²) in [6, 6.07) is 3.59. The van der Waals surface area contributed by atoms with Crippen LogP contribution in [0.5, 0.6) is 5.88 Å². The summed E-state index contributed by atoms with van der Waals surface area (Å²) in [6.45, 7) is 2.47. The van der Waals surface area contributed by atoms with Crippen LogP contribution in [0.25, 0.3) is 0 Å². The lowest BCUT2D eigenvalue weighted by Gasteiger charge is -2.28. The van der Waals surface area contributed by atoms with Crippen LogP contribution in [0.1, 0.15) is 37.1 Å². The number of hydrogen-bond donors (Lipinski definition) is 1. The van der Waals surface area contributed by atoms with E-state index in [-0.39, 0.29) is 18.3 Å². The minimum atomic E-state index is -0.661. The topological polar surface area (TPSA) is 68.7 Å². The Morgan fingerprint density at radius 3 is 3.00 bits per heavy atom. The molecule has 2 unspecified atom stereocenters. The Morgan fingerprint density at radius 1 is 1.53 bits per heavy atom. The molecule has 1 heterocycles. The molecule has 0 bridgehead atoms. The summed E-state index contributed by atoms with van der Waals surface area (Å²) in [5.74, 6) is 0.200. The highest BCUT2D eigenvalue weighted by Gasteiger charge is 2.30. The summed E-state index contributed by atoms with van der Waals surface area (Å²) in [7, 11) is 1.36. The minimum absolute atomic E-state index is 0.0975. The van der Waals surface area contributed by atoms with Crippen LogP contribution in [0.3, 0.4) is 0 Å². The molecule has 1 aliphatic rings. The van der Waals surface area contributed by atoms with E-state index in [1.807, 2.05) is 13.0 Å². The van der Waals surface area contributed by atoms with Crippen molar-refractivity contribution in [2.45, 2.75) is 32.3 Å². The Hall–Kier alpha value is -1.62. The molecule has 0 aromatic carbocycles. The van der Waals surface area contributed by atoms with Crippen LogP contribution < -0.4 is 4.74 Å². The molecule has 1 aromatic rings. The van der Waals surface area contributed by atoms with Gasteiger partial charge in [0.25, 0.3) is 0 Å². The van der Waals surface area contributed by atoms with E-state index in [9.17, 15) is 9.90 Å².